The number of hydrogen-bond acceptors (Lipinski definition) is 3. The molecule has 0 amide bonds. The van der Waals surface area contributed by atoms with Crippen LogP contribution in [0.4, 0.5) is 0 Å². The molecule has 1 atom stereocenters. The normalized spacial score (nSPS) is 13.4. The summed E-state index contributed by atoms with van der Waals surface area (Å²) in [5.41, 5.74) is 7.92. The molecule has 2 aromatic rings. The van der Waals surface area contributed by atoms with Crippen LogP contribution in [0.15, 0.2) is 30.6 Å². The van der Waals surface area contributed by atoms with Gasteiger partial charge in [0.25, 0.3) is 0 Å². The topological polar surface area (TPSA) is 76.2 Å². The molecule has 2 rings (SSSR count). The lowest BCUT2D eigenvalue weighted by atomic mass is 9.84. The lowest BCUT2D eigenvalue weighted by molar-refractivity contribution is -0.137. The van der Waals surface area contributed by atoms with Gasteiger partial charge in [-0.1, -0.05) is 32.9 Å². The average molecular weight is 272 g/mol. The van der Waals surface area contributed by atoms with E-state index in [1.54, 1.807) is 6.20 Å². The summed E-state index contributed by atoms with van der Waals surface area (Å²) in [5.74, 6) is -0.890. The number of hydrogen-bond donors (Lipinski definition) is 2. The Bertz CT molecular complexity index is 644. The Balaban J connectivity index is 2.49. The maximum Gasteiger partial charge on any atom is 0.305 e. The van der Waals surface area contributed by atoms with Crippen LogP contribution >= 0.6 is 0 Å². The quantitative estimate of drug-likeness (QED) is 0.900. The first-order valence-corrected chi connectivity index (χ1v) is 6.64. The standard InChI is InChI=1S/C16H20N2O2/c1-16(2,3)13-9-18-8-11-6-10(4-5-12(11)13)14(17)7-15(19)20/h4-6,8-9,14H,7,17H2,1-3H3,(H,19,20). The van der Waals surface area contributed by atoms with Crippen molar-refractivity contribution in [3.8, 4) is 0 Å². The van der Waals surface area contributed by atoms with Gasteiger partial charge in [0, 0.05) is 23.8 Å². The van der Waals surface area contributed by atoms with Crippen LogP contribution in [0.2, 0.25) is 0 Å². The van der Waals surface area contributed by atoms with Gasteiger partial charge in [-0.15, -0.1) is 0 Å². The molecule has 1 aromatic carbocycles. The van der Waals surface area contributed by atoms with Gasteiger partial charge < -0.3 is 10.8 Å². The van der Waals surface area contributed by atoms with Crippen LogP contribution in [0.3, 0.4) is 0 Å². The fourth-order valence-electron chi connectivity index (χ4n) is 2.33. The summed E-state index contributed by atoms with van der Waals surface area (Å²) in [6.45, 7) is 6.44. The molecule has 0 aliphatic carbocycles. The van der Waals surface area contributed by atoms with Crippen molar-refractivity contribution in [2.24, 2.45) is 5.73 Å². The third-order valence-electron chi connectivity index (χ3n) is 3.41. The van der Waals surface area contributed by atoms with E-state index in [1.807, 2.05) is 24.4 Å². The first kappa shape index (κ1) is 14.5. The van der Waals surface area contributed by atoms with Gasteiger partial charge in [0.1, 0.15) is 0 Å². The van der Waals surface area contributed by atoms with Crippen molar-refractivity contribution in [1.82, 2.24) is 4.98 Å². The molecular formula is C16H20N2O2. The monoisotopic (exact) mass is 272 g/mol. The largest absolute Gasteiger partial charge is 0.481 e. The minimum atomic E-state index is -0.890. The Morgan fingerprint density at radius 1 is 1.35 bits per heavy atom. The van der Waals surface area contributed by atoms with E-state index in [0.29, 0.717) is 0 Å². The molecule has 0 saturated carbocycles. The number of carbonyl (C=O) groups is 1. The SMILES string of the molecule is CC(C)(C)c1cncc2cc(C(N)CC(=O)O)ccc12. The molecule has 0 aliphatic heterocycles. The molecule has 0 bridgehead atoms. The number of rotatable bonds is 3. The molecule has 0 aliphatic rings. The molecule has 1 heterocycles. The number of carboxylic acids is 1. The van der Waals surface area contributed by atoms with Crippen molar-refractivity contribution in [2.45, 2.75) is 38.6 Å². The van der Waals surface area contributed by atoms with E-state index in [1.165, 1.54) is 5.56 Å². The molecule has 106 valence electrons. The van der Waals surface area contributed by atoms with Crippen LogP contribution in [0, 0.1) is 0 Å². The second-order valence-electron chi connectivity index (χ2n) is 6.12. The summed E-state index contributed by atoms with van der Waals surface area (Å²) in [4.78, 5) is 15.0. The average Bonchev–Trinajstić information content (AvgIpc) is 2.35. The summed E-state index contributed by atoms with van der Waals surface area (Å²) < 4.78 is 0. The van der Waals surface area contributed by atoms with Crippen molar-refractivity contribution in [1.29, 1.82) is 0 Å². The van der Waals surface area contributed by atoms with E-state index < -0.39 is 12.0 Å². The van der Waals surface area contributed by atoms with Gasteiger partial charge in [-0.05, 0) is 28.0 Å². The Kier molecular flexibility index (Phi) is 3.77. The molecule has 4 heteroatoms. The van der Waals surface area contributed by atoms with E-state index in [0.717, 1.165) is 16.3 Å². The number of nitrogens with zero attached hydrogens (tertiary/aromatic N) is 1. The molecule has 0 fully saturated rings. The minimum Gasteiger partial charge on any atom is -0.481 e. The number of benzene rings is 1. The van der Waals surface area contributed by atoms with Crippen molar-refractivity contribution < 1.29 is 9.90 Å². The van der Waals surface area contributed by atoms with Gasteiger partial charge in [0.05, 0.1) is 6.42 Å². The summed E-state index contributed by atoms with van der Waals surface area (Å²) in [6.07, 6.45) is 3.61. The molecule has 0 saturated heterocycles. The van der Waals surface area contributed by atoms with Crippen LogP contribution in [-0.4, -0.2) is 16.1 Å². The number of pyridine rings is 1. The Hall–Kier alpha value is -1.94. The second kappa shape index (κ2) is 5.21. The molecule has 0 spiro atoms. The fourth-order valence-corrected chi connectivity index (χ4v) is 2.33. The third-order valence-corrected chi connectivity index (χ3v) is 3.41. The predicted octanol–water partition coefficient (Wildman–Crippen LogP) is 3.01. The molecule has 3 N–H and O–H groups in total. The number of nitrogens with two attached hydrogens (primary N) is 1. The molecule has 1 aromatic heterocycles. The van der Waals surface area contributed by atoms with Gasteiger partial charge >= 0.3 is 5.97 Å². The van der Waals surface area contributed by atoms with Crippen LogP contribution in [-0.2, 0) is 10.2 Å². The van der Waals surface area contributed by atoms with Gasteiger partial charge in [-0.25, -0.2) is 0 Å². The molecule has 1 unspecified atom stereocenters. The summed E-state index contributed by atoms with van der Waals surface area (Å²) in [6, 6.07) is 5.36. The first-order chi connectivity index (χ1) is 9.29. The highest BCUT2D eigenvalue weighted by molar-refractivity contribution is 5.86. The van der Waals surface area contributed by atoms with E-state index in [2.05, 4.69) is 25.8 Å². The predicted molar refractivity (Wildman–Crippen MR) is 79.6 cm³/mol. The van der Waals surface area contributed by atoms with Crippen molar-refractivity contribution in [2.75, 3.05) is 0 Å². The molecule has 20 heavy (non-hydrogen) atoms. The summed E-state index contributed by atoms with van der Waals surface area (Å²) in [7, 11) is 0. The highest BCUT2D eigenvalue weighted by atomic mass is 16.4. The smallest absolute Gasteiger partial charge is 0.305 e. The summed E-state index contributed by atoms with van der Waals surface area (Å²) in [5, 5.41) is 11.0. The number of aromatic nitrogens is 1. The van der Waals surface area contributed by atoms with Gasteiger partial charge in [-0.2, -0.15) is 0 Å². The van der Waals surface area contributed by atoms with Crippen molar-refractivity contribution >= 4 is 16.7 Å². The Labute approximate surface area is 118 Å². The van der Waals surface area contributed by atoms with E-state index in [9.17, 15) is 4.79 Å². The van der Waals surface area contributed by atoms with Gasteiger partial charge in [0.2, 0.25) is 0 Å². The van der Waals surface area contributed by atoms with Crippen LogP contribution < -0.4 is 5.73 Å². The zero-order valence-corrected chi connectivity index (χ0v) is 12.1. The highest BCUT2D eigenvalue weighted by Crippen LogP contribution is 2.30. The van der Waals surface area contributed by atoms with E-state index >= 15 is 0 Å². The second-order valence-corrected chi connectivity index (χ2v) is 6.12. The van der Waals surface area contributed by atoms with E-state index in [-0.39, 0.29) is 11.8 Å². The Morgan fingerprint density at radius 2 is 2.05 bits per heavy atom. The van der Waals surface area contributed by atoms with Crippen molar-refractivity contribution in [3.05, 3.63) is 41.7 Å². The van der Waals surface area contributed by atoms with Gasteiger partial charge in [-0.3, -0.25) is 9.78 Å². The maximum atomic E-state index is 10.7. The van der Waals surface area contributed by atoms with Crippen LogP contribution in [0.5, 0.6) is 0 Å². The zero-order valence-electron chi connectivity index (χ0n) is 12.1. The van der Waals surface area contributed by atoms with Crippen LogP contribution in [0.25, 0.3) is 10.8 Å². The fraction of sp³-hybridized carbons (Fsp3) is 0.375. The maximum absolute atomic E-state index is 10.7. The highest BCUT2D eigenvalue weighted by Gasteiger charge is 2.18. The minimum absolute atomic E-state index is 0.0111. The third kappa shape index (κ3) is 2.96. The number of aliphatic carboxylic acids is 1. The summed E-state index contributed by atoms with van der Waals surface area (Å²) >= 11 is 0. The van der Waals surface area contributed by atoms with Crippen molar-refractivity contribution in [3.63, 3.8) is 0 Å². The number of carboxylic acid groups (broad SMARTS) is 1. The van der Waals surface area contributed by atoms with Gasteiger partial charge in [0.15, 0.2) is 0 Å². The van der Waals surface area contributed by atoms with E-state index in [4.69, 9.17) is 10.8 Å². The zero-order chi connectivity index (χ0) is 14.9. The van der Waals surface area contributed by atoms with Crippen LogP contribution in [0.1, 0.15) is 44.4 Å². The first-order valence-electron chi connectivity index (χ1n) is 6.64. The molecular weight excluding hydrogens is 252 g/mol. The number of fused-ring (bicyclic) bond motifs is 1. The lowest BCUT2D eigenvalue weighted by Gasteiger charge is -2.21. The lowest BCUT2D eigenvalue weighted by Crippen LogP contribution is -2.15. The Morgan fingerprint density at radius 3 is 2.65 bits per heavy atom. The molecule has 4 nitrogen and oxygen atoms in total. The molecule has 0 radical (unpaired) electrons.